The van der Waals surface area contributed by atoms with E-state index in [1.165, 1.54) is 11.1 Å². The predicted octanol–water partition coefficient (Wildman–Crippen LogP) is 4.88. The van der Waals surface area contributed by atoms with Gasteiger partial charge in [0, 0.05) is 6.54 Å². The zero-order valence-corrected chi connectivity index (χ0v) is 12.8. The van der Waals surface area contributed by atoms with Crippen molar-refractivity contribution in [1.29, 1.82) is 0 Å². The number of benzene rings is 2. The van der Waals surface area contributed by atoms with Crippen molar-refractivity contribution in [3.05, 3.63) is 65.7 Å². The van der Waals surface area contributed by atoms with Crippen molar-refractivity contribution in [1.82, 2.24) is 5.32 Å². The molecular formula is C19H23NO. The lowest BCUT2D eigenvalue weighted by Gasteiger charge is -2.08. The summed E-state index contributed by atoms with van der Waals surface area (Å²) >= 11 is 0. The Morgan fingerprint density at radius 3 is 2.48 bits per heavy atom. The monoisotopic (exact) mass is 281 g/mol. The summed E-state index contributed by atoms with van der Waals surface area (Å²) < 4.78 is 5.87. The van der Waals surface area contributed by atoms with Crippen molar-refractivity contribution in [3.8, 4) is 11.5 Å². The third-order valence-corrected chi connectivity index (χ3v) is 3.26. The van der Waals surface area contributed by atoms with Gasteiger partial charge in [0.2, 0.25) is 0 Å². The minimum absolute atomic E-state index is 0.863. The second-order valence-corrected chi connectivity index (χ2v) is 4.92. The zero-order chi connectivity index (χ0) is 14.9. The number of likely N-dealkylation sites (N-methyl/N-ethyl adjacent to an activating group) is 1. The second kappa shape index (κ2) is 8.28. The van der Waals surface area contributed by atoms with Gasteiger partial charge in [-0.2, -0.15) is 0 Å². The fourth-order valence-electron chi connectivity index (χ4n) is 2.09. The highest BCUT2D eigenvalue weighted by Gasteiger charge is 1.99. The van der Waals surface area contributed by atoms with E-state index in [0.29, 0.717) is 0 Å². The zero-order valence-electron chi connectivity index (χ0n) is 12.8. The molecule has 0 fully saturated rings. The number of hydrogen-bond acceptors (Lipinski definition) is 2. The maximum Gasteiger partial charge on any atom is 0.128 e. The highest BCUT2D eigenvalue weighted by molar-refractivity contribution is 5.55. The summed E-state index contributed by atoms with van der Waals surface area (Å²) in [5, 5.41) is 3.37. The lowest BCUT2D eigenvalue weighted by Crippen LogP contribution is -2.15. The fourth-order valence-corrected chi connectivity index (χ4v) is 2.09. The second-order valence-electron chi connectivity index (χ2n) is 4.92. The molecule has 0 unspecified atom stereocenters. The molecule has 110 valence electrons. The van der Waals surface area contributed by atoms with E-state index in [2.05, 4.69) is 37.4 Å². The van der Waals surface area contributed by atoms with Crippen molar-refractivity contribution in [3.63, 3.8) is 0 Å². The summed E-state index contributed by atoms with van der Waals surface area (Å²) in [4.78, 5) is 0. The molecule has 0 saturated heterocycles. The highest BCUT2D eigenvalue weighted by atomic mass is 16.5. The molecule has 0 aliphatic rings. The van der Waals surface area contributed by atoms with Crippen LogP contribution in [0, 0.1) is 0 Å². The summed E-state index contributed by atoms with van der Waals surface area (Å²) in [6.07, 6.45) is 3.29. The topological polar surface area (TPSA) is 21.3 Å². The Labute approximate surface area is 127 Å². The summed E-state index contributed by atoms with van der Waals surface area (Å²) in [5.74, 6) is 1.73. The first-order chi connectivity index (χ1) is 10.3. The Morgan fingerprint density at radius 1 is 1.00 bits per heavy atom. The molecule has 2 nitrogen and oxygen atoms in total. The van der Waals surface area contributed by atoms with E-state index >= 15 is 0 Å². The van der Waals surface area contributed by atoms with Gasteiger partial charge >= 0.3 is 0 Å². The van der Waals surface area contributed by atoms with Gasteiger partial charge in [-0.05, 0) is 42.8 Å². The van der Waals surface area contributed by atoms with Crippen LogP contribution in [-0.2, 0) is 0 Å². The number of nitrogens with one attached hydrogen (secondary N) is 1. The van der Waals surface area contributed by atoms with Crippen molar-refractivity contribution >= 4 is 6.08 Å². The van der Waals surface area contributed by atoms with Crippen LogP contribution in [-0.4, -0.2) is 13.1 Å². The summed E-state index contributed by atoms with van der Waals surface area (Å²) in [5.41, 5.74) is 2.58. The largest absolute Gasteiger partial charge is 0.457 e. The molecule has 0 aliphatic carbocycles. The first kappa shape index (κ1) is 15.3. The molecule has 0 saturated carbocycles. The smallest absolute Gasteiger partial charge is 0.128 e. The quantitative estimate of drug-likeness (QED) is 0.780. The standard InChI is InChI=1S/C19H23NO/c1-3-16(15-20-4-2)13-17-9-8-12-19(14-17)21-18-10-6-5-7-11-18/h5-14,20H,3-4,15H2,1-2H3. The molecular weight excluding hydrogens is 258 g/mol. The molecule has 0 amide bonds. The molecule has 0 aliphatic heterocycles. The molecule has 2 aromatic carbocycles. The van der Waals surface area contributed by atoms with Gasteiger partial charge in [0.15, 0.2) is 0 Å². The first-order valence-electron chi connectivity index (χ1n) is 7.55. The lowest BCUT2D eigenvalue weighted by molar-refractivity contribution is 0.482. The van der Waals surface area contributed by atoms with Crippen molar-refractivity contribution in [2.24, 2.45) is 0 Å². The van der Waals surface area contributed by atoms with Gasteiger partial charge in [-0.3, -0.25) is 0 Å². The van der Waals surface area contributed by atoms with E-state index in [9.17, 15) is 0 Å². The molecule has 0 spiro atoms. The average Bonchev–Trinajstić information content (AvgIpc) is 2.53. The summed E-state index contributed by atoms with van der Waals surface area (Å²) in [7, 11) is 0. The third-order valence-electron chi connectivity index (χ3n) is 3.26. The Bertz CT molecular complexity index is 575. The van der Waals surface area contributed by atoms with Crippen LogP contribution in [0.5, 0.6) is 11.5 Å². The highest BCUT2D eigenvalue weighted by Crippen LogP contribution is 2.23. The molecule has 0 heterocycles. The van der Waals surface area contributed by atoms with Crippen LogP contribution in [0.3, 0.4) is 0 Å². The molecule has 0 radical (unpaired) electrons. The molecule has 2 aromatic rings. The number of para-hydroxylation sites is 1. The van der Waals surface area contributed by atoms with Gasteiger partial charge in [0.25, 0.3) is 0 Å². The van der Waals surface area contributed by atoms with E-state index in [0.717, 1.165) is 31.0 Å². The van der Waals surface area contributed by atoms with E-state index in [1.54, 1.807) is 0 Å². The van der Waals surface area contributed by atoms with E-state index < -0.39 is 0 Å². The maximum atomic E-state index is 5.87. The van der Waals surface area contributed by atoms with Gasteiger partial charge in [-0.1, -0.05) is 55.8 Å². The first-order valence-corrected chi connectivity index (χ1v) is 7.55. The third kappa shape index (κ3) is 5.09. The molecule has 2 rings (SSSR count). The minimum Gasteiger partial charge on any atom is -0.457 e. The normalized spacial score (nSPS) is 11.4. The SMILES string of the molecule is CCNCC(=Cc1cccc(Oc2ccccc2)c1)CC. The van der Waals surface area contributed by atoms with Crippen molar-refractivity contribution in [2.45, 2.75) is 20.3 Å². The molecule has 1 N–H and O–H groups in total. The van der Waals surface area contributed by atoms with Crippen LogP contribution in [0.1, 0.15) is 25.8 Å². The lowest BCUT2D eigenvalue weighted by atomic mass is 10.1. The van der Waals surface area contributed by atoms with Crippen LogP contribution in [0.2, 0.25) is 0 Å². The van der Waals surface area contributed by atoms with Crippen molar-refractivity contribution < 1.29 is 4.74 Å². The molecule has 21 heavy (non-hydrogen) atoms. The molecule has 0 bridgehead atoms. The summed E-state index contributed by atoms with van der Waals surface area (Å²) in [6, 6.07) is 18.1. The van der Waals surface area contributed by atoms with E-state index in [1.807, 2.05) is 42.5 Å². The van der Waals surface area contributed by atoms with E-state index in [-0.39, 0.29) is 0 Å². The van der Waals surface area contributed by atoms with Gasteiger partial charge in [-0.25, -0.2) is 0 Å². The van der Waals surface area contributed by atoms with Gasteiger partial charge < -0.3 is 10.1 Å². The minimum atomic E-state index is 0.863. The van der Waals surface area contributed by atoms with Crippen LogP contribution < -0.4 is 10.1 Å². The van der Waals surface area contributed by atoms with Gasteiger partial charge in [0.05, 0.1) is 0 Å². The maximum absolute atomic E-state index is 5.87. The Morgan fingerprint density at radius 2 is 1.76 bits per heavy atom. The van der Waals surface area contributed by atoms with Crippen molar-refractivity contribution in [2.75, 3.05) is 13.1 Å². The number of ether oxygens (including phenoxy) is 1. The van der Waals surface area contributed by atoms with E-state index in [4.69, 9.17) is 4.74 Å². The Balaban J connectivity index is 2.11. The Hall–Kier alpha value is -2.06. The number of hydrogen-bond donors (Lipinski definition) is 1. The van der Waals surface area contributed by atoms with Crippen LogP contribution >= 0.6 is 0 Å². The van der Waals surface area contributed by atoms with Gasteiger partial charge in [-0.15, -0.1) is 0 Å². The molecule has 0 aromatic heterocycles. The van der Waals surface area contributed by atoms with Crippen LogP contribution in [0.15, 0.2) is 60.2 Å². The predicted molar refractivity (Wildman–Crippen MR) is 89.8 cm³/mol. The van der Waals surface area contributed by atoms with Crippen LogP contribution in [0.25, 0.3) is 6.08 Å². The number of rotatable bonds is 7. The Kier molecular flexibility index (Phi) is 6.04. The molecule has 2 heteroatoms. The average molecular weight is 281 g/mol. The fraction of sp³-hybridized carbons (Fsp3) is 0.263. The van der Waals surface area contributed by atoms with Crippen LogP contribution in [0.4, 0.5) is 0 Å². The summed E-state index contributed by atoms with van der Waals surface area (Å²) in [6.45, 7) is 6.25. The van der Waals surface area contributed by atoms with Gasteiger partial charge in [0.1, 0.15) is 11.5 Å². The molecule has 0 atom stereocenters.